The van der Waals surface area contributed by atoms with E-state index in [-0.39, 0.29) is 10.6 Å². The molecule has 6 heteroatoms. The molecule has 150 valence electrons. The highest BCUT2D eigenvalue weighted by Crippen LogP contribution is 2.34. The molecule has 1 fully saturated rings. The molecule has 0 amide bonds. The molecule has 5 nitrogen and oxygen atoms in total. The highest BCUT2D eigenvalue weighted by atomic mass is 35.5. The molecule has 0 atom stereocenters. The third kappa shape index (κ3) is 4.30. The van der Waals surface area contributed by atoms with E-state index in [1.165, 1.54) is 35.9 Å². The van der Waals surface area contributed by atoms with Crippen LogP contribution in [0.5, 0.6) is 5.75 Å². The van der Waals surface area contributed by atoms with Crippen LogP contribution in [0.3, 0.4) is 0 Å². The largest absolute Gasteiger partial charge is 0.497 e. The van der Waals surface area contributed by atoms with Crippen molar-refractivity contribution in [2.24, 2.45) is 0 Å². The average Bonchev–Trinajstić information content (AvgIpc) is 3.30. The van der Waals surface area contributed by atoms with Gasteiger partial charge in [-0.25, -0.2) is 0 Å². The Labute approximate surface area is 175 Å². The Morgan fingerprint density at radius 1 is 1.10 bits per heavy atom. The summed E-state index contributed by atoms with van der Waals surface area (Å²) >= 11 is 6.34. The maximum absolute atomic E-state index is 12.7. The molecule has 1 N–H and O–H groups in total. The SMILES string of the molecule is COc1ccc(CNc2cnn(-c3ccc(C4CCCC4)cc3)c(=O)c2Cl)cc1. The van der Waals surface area contributed by atoms with Crippen molar-refractivity contribution >= 4 is 17.3 Å². The first-order valence-corrected chi connectivity index (χ1v) is 10.3. The van der Waals surface area contributed by atoms with Crippen LogP contribution in [0.15, 0.2) is 59.5 Å². The van der Waals surface area contributed by atoms with Crippen LogP contribution in [0.25, 0.3) is 5.69 Å². The molecule has 1 aliphatic carbocycles. The van der Waals surface area contributed by atoms with Gasteiger partial charge < -0.3 is 10.1 Å². The minimum atomic E-state index is -0.333. The van der Waals surface area contributed by atoms with E-state index in [4.69, 9.17) is 16.3 Å². The minimum Gasteiger partial charge on any atom is -0.497 e. The van der Waals surface area contributed by atoms with E-state index in [2.05, 4.69) is 22.5 Å². The maximum atomic E-state index is 12.7. The molecule has 2 aromatic carbocycles. The molecule has 29 heavy (non-hydrogen) atoms. The lowest BCUT2D eigenvalue weighted by atomic mass is 9.98. The molecule has 1 heterocycles. The predicted molar refractivity (Wildman–Crippen MR) is 116 cm³/mol. The van der Waals surface area contributed by atoms with Crippen molar-refractivity contribution in [1.82, 2.24) is 9.78 Å². The second-order valence-corrected chi connectivity index (χ2v) is 7.74. The van der Waals surface area contributed by atoms with Gasteiger partial charge in [-0.1, -0.05) is 48.7 Å². The first-order chi connectivity index (χ1) is 14.2. The normalized spacial score (nSPS) is 14.1. The van der Waals surface area contributed by atoms with E-state index >= 15 is 0 Å². The fraction of sp³-hybridized carbons (Fsp3) is 0.304. The summed E-state index contributed by atoms with van der Waals surface area (Å²) in [6.07, 6.45) is 6.69. The van der Waals surface area contributed by atoms with Crippen molar-refractivity contribution in [3.8, 4) is 11.4 Å². The number of rotatable bonds is 6. The molecule has 1 aromatic heterocycles. The number of hydrogen-bond acceptors (Lipinski definition) is 4. The second kappa shape index (κ2) is 8.70. The third-order valence-electron chi connectivity index (χ3n) is 5.53. The van der Waals surface area contributed by atoms with Crippen LogP contribution in [0.1, 0.15) is 42.7 Å². The predicted octanol–water partition coefficient (Wildman–Crippen LogP) is 5.16. The van der Waals surface area contributed by atoms with Gasteiger partial charge in [-0.05, 0) is 54.2 Å². The molecule has 3 aromatic rings. The van der Waals surface area contributed by atoms with Crippen molar-refractivity contribution in [2.75, 3.05) is 12.4 Å². The van der Waals surface area contributed by atoms with Gasteiger partial charge in [-0.3, -0.25) is 4.79 Å². The molecule has 0 aliphatic heterocycles. The summed E-state index contributed by atoms with van der Waals surface area (Å²) in [5.41, 5.74) is 3.29. The summed E-state index contributed by atoms with van der Waals surface area (Å²) in [7, 11) is 1.63. The topological polar surface area (TPSA) is 56.1 Å². The Morgan fingerprint density at radius 2 is 1.79 bits per heavy atom. The van der Waals surface area contributed by atoms with Crippen LogP contribution in [-0.2, 0) is 6.54 Å². The van der Waals surface area contributed by atoms with Crippen molar-refractivity contribution in [3.05, 3.63) is 81.2 Å². The lowest BCUT2D eigenvalue weighted by Gasteiger charge is -2.12. The van der Waals surface area contributed by atoms with E-state index in [9.17, 15) is 4.79 Å². The van der Waals surface area contributed by atoms with E-state index < -0.39 is 0 Å². The van der Waals surface area contributed by atoms with Crippen LogP contribution >= 0.6 is 11.6 Å². The summed E-state index contributed by atoms with van der Waals surface area (Å²) in [6, 6.07) is 15.8. The van der Waals surface area contributed by atoms with Gasteiger partial charge in [-0.15, -0.1) is 0 Å². The molecule has 4 rings (SSSR count). The first-order valence-electron chi connectivity index (χ1n) is 9.90. The number of benzene rings is 2. The van der Waals surface area contributed by atoms with Crippen LogP contribution < -0.4 is 15.6 Å². The Hall–Kier alpha value is -2.79. The van der Waals surface area contributed by atoms with Gasteiger partial charge in [0, 0.05) is 6.54 Å². The molecular formula is C23H24ClN3O2. The van der Waals surface area contributed by atoms with Crippen LogP contribution in [-0.4, -0.2) is 16.9 Å². The third-order valence-corrected chi connectivity index (χ3v) is 5.89. The zero-order valence-electron chi connectivity index (χ0n) is 16.4. The van der Waals surface area contributed by atoms with E-state index in [1.54, 1.807) is 13.3 Å². The maximum Gasteiger partial charge on any atom is 0.292 e. The molecule has 0 radical (unpaired) electrons. The summed E-state index contributed by atoms with van der Waals surface area (Å²) in [5.74, 6) is 1.44. The Morgan fingerprint density at radius 3 is 2.45 bits per heavy atom. The Kier molecular flexibility index (Phi) is 5.86. The standard InChI is InChI=1S/C23H24ClN3O2/c1-29-20-12-6-16(7-13-20)14-25-21-15-26-27(23(28)22(21)24)19-10-8-18(9-11-19)17-4-2-3-5-17/h6-13,15,17,25H,2-5,14H2,1H3. The van der Waals surface area contributed by atoms with E-state index in [0.29, 0.717) is 18.2 Å². The Balaban J connectivity index is 1.49. The van der Waals surface area contributed by atoms with Crippen LogP contribution in [0.4, 0.5) is 5.69 Å². The number of nitrogens with zero attached hydrogens (tertiary/aromatic N) is 2. The van der Waals surface area contributed by atoms with Crippen molar-refractivity contribution in [2.45, 2.75) is 38.1 Å². The van der Waals surface area contributed by atoms with Gasteiger partial charge in [-0.2, -0.15) is 9.78 Å². The fourth-order valence-electron chi connectivity index (χ4n) is 3.83. The number of anilines is 1. The highest BCUT2D eigenvalue weighted by Gasteiger charge is 2.17. The zero-order valence-corrected chi connectivity index (χ0v) is 17.2. The molecular weight excluding hydrogens is 386 g/mol. The van der Waals surface area contributed by atoms with E-state index in [0.717, 1.165) is 17.0 Å². The van der Waals surface area contributed by atoms with Crippen molar-refractivity contribution in [1.29, 1.82) is 0 Å². The van der Waals surface area contributed by atoms with Gasteiger partial charge in [0.2, 0.25) is 0 Å². The van der Waals surface area contributed by atoms with Gasteiger partial charge in [0.1, 0.15) is 10.8 Å². The van der Waals surface area contributed by atoms with Crippen LogP contribution in [0, 0.1) is 0 Å². The molecule has 0 spiro atoms. The summed E-state index contributed by atoms with van der Waals surface area (Å²) in [5, 5.41) is 7.63. The minimum absolute atomic E-state index is 0.133. The number of halogens is 1. The van der Waals surface area contributed by atoms with Crippen LogP contribution in [0.2, 0.25) is 5.02 Å². The number of ether oxygens (including phenoxy) is 1. The molecule has 0 bridgehead atoms. The van der Waals surface area contributed by atoms with Gasteiger partial charge in [0.05, 0.1) is 24.7 Å². The smallest absolute Gasteiger partial charge is 0.292 e. The van der Waals surface area contributed by atoms with Crippen molar-refractivity contribution < 1.29 is 4.74 Å². The Bertz CT molecular complexity index is 1020. The van der Waals surface area contributed by atoms with E-state index in [1.807, 2.05) is 36.4 Å². The fourth-order valence-corrected chi connectivity index (χ4v) is 4.02. The number of methoxy groups -OCH3 is 1. The summed E-state index contributed by atoms with van der Waals surface area (Å²) in [6.45, 7) is 0.533. The lowest BCUT2D eigenvalue weighted by molar-refractivity contribution is 0.414. The molecule has 0 unspecified atom stereocenters. The monoisotopic (exact) mass is 409 g/mol. The van der Waals surface area contributed by atoms with Gasteiger partial charge >= 0.3 is 0 Å². The van der Waals surface area contributed by atoms with Gasteiger partial charge in [0.25, 0.3) is 5.56 Å². The molecule has 1 aliphatic rings. The van der Waals surface area contributed by atoms with Gasteiger partial charge in [0.15, 0.2) is 0 Å². The summed E-state index contributed by atoms with van der Waals surface area (Å²) < 4.78 is 6.51. The van der Waals surface area contributed by atoms with Crippen molar-refractivity contribution in [3.63, 3.8) is 0 Å². The quantitative estimate of drug-likeness (QED) is 0.610. The molecule has 0 saturated heterocycles. The zero-order chi connectivity index (χ0) is 20.2. The highest BCUT2D eigenvalue weighted by molar-refractivity contribution is 6.32. The first kappa shape index (κ1) is 19.5. The number of hydrogen-bond donors (Lipinski definition) is 1. The number of aromatic nitrogens is 2. The summed E-state index contributed by atoms with van der Waals surface area (Å²) in [4.78, 5) is 12.7. The molecule has 1 saturated carbocycles. The average molecular weight is 410 g/mol. The lowest BCUT2D eigenvalue weighted by Crippen LogP contribution is -2.22. The second-order valence-electron chi connectivity index (χ2n) is 7.36. The number of nitrogens with one attached hydrogen (secondary N) is 1.